The number of aliphatic hydroxyl groups is 1. The van der Waals surface area contributed by atoms with E-state index < -0.39 is 20.4 Å². The second-order valence-corrected chi connectivity index (χ2v) is 12.7. The quantitative estimate of drug-likeness (QED) is 0.619. The standard InChI is InChI=1S/C16H32O5Si/c1-10(9-17)12-11(2)13(14(19-6)15(18)20-12)21-22(7,8)16(3,4)5/h10-14,17H,9H2,1-8H3/t10-,11+,12-,13-,14+/m0/s1. The third kappa shape index (κ3) is 3.90. The monoisotopic (exact) mass is 332 g/mol. The highest BCUT2D eigenvalue weighted by Crippen LogP contribution is 2.41. The zero-order valence-electron chi connectivity index (χ0n) is 15.2. The van der Waals surface area contributed by atoms with Gasteiger partial charge in [0.25, 0.3) is 0 Å². The van der Waals surface area contributed by atoms with Gasteiger partial charge in [0.1, 0.15) is 6.10 Å². The molecule has 0 aromatic heterocycles. The lowest BCUT2D eigenvalue weighted by molar-refractivity contribution is -0.197. The normalized spacial score (nSPS) is 31.8. The van der Waals surface area contributed by atoms with Crippen LogP contribution in [0.1, 0.15) is 34.6 Å². The molecule has 5 nitrogen and oxygen atoms in total. The molecule has 1 saturated heterocycles. The number of ether oxygens (including phenoxy) is 2. The molecule has 0 radical (unpaired) electrons. The van der Waals surface area contributed by atoms with Crippen molar-refractivity contribution in [1.82, 2.24) is 0 Å². The minimum Gasteiger partial charge on any atom is -0.460 e. The molecule has 22 heavy (non-hydrogen) atoms. The molecule has 0 aromatic rings. The van der Waals surface area contributed by atoms with Crippen LogP contribution in [0.15, 0.2) is 0 Å². The molecule has 1 aliphatic heterocycles. The van der Waals surface area contributed by atoms with Gasteiger partial charge < -0.3 is 19.0 Å². The predicted molar refractivity (Wildman–Crippen MR) is 88.2 cm³/mol. The van der Waals surface area contributed by atoms with E-state index in [4.69, 9.17) is 13.9 Å². The molecule has 1 rings (SSSR count). The van der Waals surface area contributed by atoms with E-state index in [1.165, 1.54) is 7.11 Å². The summed E-state index contributed by atoms with van der Waals surface area (Å²) >= 11 is 0. The first kappa shape index (κ1) is 19.6. The second kappa shape index (κ2) is 6.99. The summed E-state index contributed by atoms with van der Waals surface area (Å²) in [4.78, 5) is 12.3. The fourth-order valence-corrected chi connectivity index (χ4v) is 3.93. The maximum absolute atomic E-state index is 12.3. The van der Waals surface area contributed by atoms with Crippen molar-refractivity contribution in [3.8, 4) is 0 Å². The van der Waals surface area contributed by atoms with E-state index in [9.17, 15) is 9.90 Å². The van der Waals surface area contributed by atoms with Gasteiger partial charge in [0, 0.05) is 25.6 Å². The number of carbonyl (C=O) groups is 1. The van der Waals surface area contributed by atoms with Gasteiger partial charge in [-0.2, -0.15) is 0 Å². The van der Waals surface area contributed by atoms with E-state index in [-0.39, 0.29) is 35.7 Å². The van der Waals surface area contributed by atoms with E-state index in [0.29, 0.717) is 0 Å². The summed E-state index contributed by atoms with van der Waals surface area (Å²) in [5.41, 5.74) is 0. The van der Waals surface area contributed by atoms with Gasteiger partial charge in [-0.1, -0.05) is 34.6 Å². The summed E-state index contributed by atoms with van der Waals surface area (Å²) in [6, 6.07) is 0. The van der Waals surface area contributed by atoms with Crippen LogP contribution in [0.5, 0.6) is 0 Å². The Bertz CT molecular complexity index is 390. The van der Waals surface area contributed by atoms with Gasteiger partial charge in [-0.05, 0) is 18.1 Å². The Morgan fingerprint density at radius 2 is 1.91 bits per heavy atom. The highest BCUT2D eigenvalue weighted by molar-refractivity contribution is 6.74. The van der Waals surface area contributed by atoms with Crippen molar-refractivity contribution in [1.29, 1.82) is 0 Å². The van der Waals surface area contributed by atoms with Crippen LogP contribution >= 0.6 is 0 Å². The van der Waals surface area contributed by atoms with Crippen LogP contribution in [-0.2, 0) is 18.7 Å². The van der Waals surface area contributed by atoms with Crippen molar-refractivity contribution in [3.63, 3.8) is 0 Å². The fraction of sp³-hybridized carbons (Fsp3) is 0.938. The topological polar surface area (TPSA) is 65.0 Å². The lowest BCUT2D eigenvalue weighted by Crippen LogP contribution is -2.59. The molecular weight excluding hydrogens is 300 g/mol. The maximum Gasteiger partial charge on any atom is 0.338 e. The average molecular weight is 333 g/mol. The Balaban J connectivity index is 3.07. The van der Waals surface area contributed by atoms with Crippen molar-refractivity contribution in [2.45, 2.75) is 71.1 Å². The Hall–Kier alpha value is -0.433. The van der Waals surface area contributed by atoms with Crippen LogP contribution in [0.4, 0.5) is 0 Å². The molecule has 130 valence electrons. The predicted octanol–water partition coefficient (Wildman–Crippen LogP) is 2.58. The number of aliphatic hydroxyl groups excluding tert-OH is 1. The first-order chi connectivity index (χ1) is 9.96. The van der Waals surface area contributed by atoms with Crippen molar-refractivity contribution in [3.05, 3.63) is 0 Å². The Morgan fingerprint density at radius 3 is 2.32 bits per heavy atom. The second-order valence-electron chi connectivity index (χ2n) is 7.92. The SMILES string of the molecule is CO[C@H]1C(=O)O[C@@H]([C@@H](C)CO)[C@@H](C)[C@@H]1O[Si](C)(C)C(C)(C)C. The first-order valence-corrected chi connectivity index (χ1v) is 10.9. The minimum absolute atomic E-state index is 0.0211. The number of rotatable bonds is 5. The molecule has 0 aliphatic carbocycles. The zero-order valence-corrected chi connectivity index (χ0v) is 16.2. The zero-order chi connectivity index (χ0) is 17.3. The van der Waals surface area contributed by atoms with Gasteiger partial charge >= 0.3 is 5.97 Å². The van der Waals surface area contributed by atoms with Crippen molar-refractivity contribution in [2.75, 3.05) is 13.7 Å². The summed E-state index contributed by atoms with van der Waals surface area (Å²) in [7, 11) is -0.536. The van der Waals surface area contributed by atoms with E-state index in [1.807, 2.05) is 13.8 Å². The molecule has 0 amide bonds. The van der Waals surface area contributed by atoms with Gasteiger partial charge in [0.15, 0.2) is 14.4 Å². The van der Waals surface area contributed by atoms with E-state index in [0.717, 1.165) is 0 Å². The minimum atomic E-state index is -2.05. The van der Waals surface area contributed by atoms with Crippen LogP contribution in [-0.4, -0.2) is 51.4 Å². The number of esters is 1. The van der Waals surface area contributed by atoms with E-state index >= 15 is 0 Å². The highest BCUT2D eigenvalue weighted by atomic mass is 28.4. The Labute approximate surface area is 135 Å². The highest BCUT2D eigenvalue weighted by Gasteiger charge is 2.50. The van der Waals surface area contributed by atoms with Gasteiger partial charge in [-0.25, -0.2) is 4.79 Å². The van der Waals surface area contributed by atoms with Crippen LogP contribution in [0.2, 0.25) is 18.1 Å². The van der Waals surface area contributed by atoms with Crippen LogP contribution in [0.25, 0.3) is 0 Å². The fourth-order valence-electron chi connectivity index (χ4n) is 2.56. The van der Waals surface area contributed by atoms with Crippen LogP contribution in [0.3, 0.4) is 0 Å². The van der Waals surface area contributed by atoms with Gasteiger partial charge in [0.2, 0.25) is 0 Å². The summed E-state index contributed by atoms with van der Waals surface area (Å²) in [6.45, 7) is 14.7. The lowest BCUT2D eigenvalue weighted by Gasteiger charge is -2.47. The van der Waals surface area contributed by atoms with E-state index in [1.54, 1.807) is 0 Å². The van der Waals surface area contributed by atoms with Gasteiger partial charge in [-0.3, -0.25) is 0 Å². The summed E-state index contributed by atoms with van der Waals surface area (Å²) in [5.74, 6) is -0.546. The largest absolute Gasteiger partial charge is 0.460 e. The molecular formula is C16H32O5Si. The van der Waals surface area contributed by atoms with Crippen molar-refractivity contribution < 1.29 is 23.8 Å². The number of methoxy groups -OCH3 is 1. The molecule has 0 bridgehead atoms. The number of hydrogen-bond acceptors (Lipinski definition) is 5. The van der Waals surface area contributed by atoms with E-state index in [2.05, 4.69) is 33.9 Å². The molecule has 1 heterocycles. The Morgan fingerprint density at radius 1 is 1.36 bits per heavy atom. The average Bonchev–Trinajstić information content (AvgIpc) is 2.40. The molecule has 0 unspecified atom stereocenters. The number of carbonyl (C=O) groups excluding carboxylic acids is 1. The van der Waals surface area contributed by atoms with Gasteiger partial charge in [0.05, 0.1) is 6.10 Å². The lowest BCUT2D eigenvalue weighted by atomic mass is 9.85. The van der Waals surface area contributed by atoms with Crippen LogP contribution < -0.4 is 0 Å². The molecule has 1 aliphatic rings. The van der Waals surface area contributed by atoms with Crippen molar-refractivity contribution in [2.24, 2.45) is 11.8 Å². The third-order valence-electron chi connectivity index (χ3n) is 5.16. The first-order valence-electron chi connectivity index (χ1n) is 7.98. The van der Waals surface area contributed by atoms with Crippen LogP contribution in [0, 0.1) is 11.8 Å². The summed E-state index contributed by atoms with van der Waals surface area (Å²) in [6.07, 6.45) is -1.39. The molecule has 0 saturated carbocycles. The molecule has 1 N–H and O–H groups in total. The summed E-state index contributed by atoms with van der Waals surface area (Å²) in [5, 5.41) is 9.45. The smallest absolute Gasteiger partial charge is 0.338 e. The molecule has 0 aromatic carbocycles. The molecule has 6 heteroatoms. The molecule has 0 spiro atoms. The van der Waals surface area contributed by atoms with Crippen molar-refractivity contribution >= 4 is 14.3 Å². The maximum atomic E-state index is 12.3. The Kier molecular flexibility index (Phi) is 6.23. The van der Waals surface area contributed by atoms with Gasteiger partial charge in [-0.15, -0.1) is 0 Å². The molecule has 5 atom stereocenters. The molecule has 1 fully saturated rings. The number of cyclic esters (lactones) is 1. The third-order valence-corrected chi connectivity index (χ3v) is 9.63. The number of hydrogen-bond donors (Lipinski definition) is 1. The summed E-state index contributed by atoms with van der Waals surface area (Å²) < 4.78 is 17.3.